The van der Waals surface area contributed by atoms with Crippen molar-refractivity contribution >= 4 is 40.7 Å². The van der Waals surface area contributed by atoms with E-state index in [1.807, 2.05) is 25.1 Å². The molecule has 2 heterocycles. The highest BCUT2D eigenvalue weighted by atomic mass is 35.5. The Labute approximate surface area is 196 Å². The van der Waals surface area contributed by atoms with Crippen LogP contribution in [0.15, 0.2) is 54.6 Å². The number of carbonyl (C=O) groups excluding carboxylic acids is 1. The van der Waals surface area contributed by atoms with Crippen LogP contribution in [-0.2, 0) is 0 Å². The van der Waals surface area contributed by atoms with Gasteiger partial charge in [-0.2, -0.15) is 0 Å². The predicted molar refractivity (Wildman–Crippen MR) is 129 cm³/mol. The average Bonchev–Trinajstić information content (AvgIpc) is 3.06. The summed E-state index contributed by atoms with van der Waals surface area (Å²) in [5.74, 6) is -0.580. The number of anilines is 3. The number of halogens is 1. The van der Waals surface area contributed by atoms with Gasteiger partial charge < -0.3 is 20.2 Å². The highest BCUT2D eigenvalue weighted by molar-refractivity contribution is 6.29. The number of rotatable bonds is 5. The molecule has 170 valence electrons. The third kappa shape index (κ3) is 5.40. The Morgan fingerprint density at radius 2 is 1.67 bits per heavy atom. The van der Waals surface area contributed by atoms with Crippen molar-refractivity contribution in [1.29, 1.82) is 0 Å². The Morgan fingerprint density at radius 1 is 0.939 bits per heavy atom. The van der Waals surface area contributed by atoms with Crippen molar-refractivity contribution in [2.75, 3.05) is 41.3 Å². The maximum absolute atomic E-state index is 12.5. The lowest BCUT2D eigenvalue weighted by Gasteiger charge is -2.25. The molecule has 3 aromatic rings. The Morgan fingerprint density at radius 3 is 2.36 bits per heavy atom. The van der Waals surface area contributed by atoms with Crippen LogP contribution in [0.4, 0.5) is 17.2 Å². The summed E-state index contributed by atoms with van der Waals surface area (Å²) in [6.45, 7) is 4.72. The minimum atomic E-state index is -1.04. The molecule has 0 spiro atoms. The number of benzene rings is 2. The van der Waals surface area contributed by atoms with Crippen molar-refractivity contribution in [1.82, 2.24) is 10.2 Å². The highest BCUT2D eigenvalue weighted by Crippen LogP contribution is 2.27. The molecule has 1 saturated heterocycles. The molecule has 8 nitrogen and oxygen atoms in total. The summed E-state index contributed by atoms with van der Waals surface area (Å²) in [5.41, 5.74) is 2.79. The summed E-state index contributed by atoms with van der Waals surface area (Å²) >= 11 is 5.84. The number of hydrogen-bond acceptors (Lipinski definition) is 6. The molecule has 0 bridgehead atoms. The van der Waals surface area contributed by atoms with E-state index in [0.29, 0.717) is 41.7 Å². The summed E-state index contributed by atoms with van der Waals surface area (Å²) in [6.07, 6.45) is 0.829. The smallest absolute Gasteiger partial charge is 0.337 e. The second kappa shape index (κ2) is 9.87. The quantitative estimate of drug-likeness (QED) is 0.585. The van der Waals surface area contributed by atoms with Crippen LogP contribution in [-0.4, -0.2) is 53.4 Å². The molecule has 0 atom stereocenters. The van der Waals surface area contributed by atoms with E-state index >= 15 is 0 Å². The fourth-order valence-electron chi connectivity index (χ4n) is 3.83. The third-order valence-corrected chi connectivity index (χ3v) is 5.78. The molecule has 1 aromatic heterocycles. The van der Waals surface area contributed by atoms with Gasteiger partial charge >= 0.3 is 5.97 Å². The SMILES string of the molecule is Cc1ccc(C(=O)Nc2ccc(N3CCCN(c4ccc(Cl)nn4)CC3)c(C(=O)O)c2)cc1. The largest absolute Gasteiger partial charge is 0.478 e. The van der Waals surface area contributed by atoms with Gasteiger partial charge in [-0.15, -0.1) is 10.2 Å². The Bertz CT molecular complexity index is 1150. The first-order chi connectivity index (χ1) is 15.9. The van der Waals surface area contributed by atoms with E-state index in [4.69, 9.17) is 11.6 Å². The molecule has 0 saturated carbocycles. The monoisotopic (exact) mass is 465 g/mol. The van der Waals surface area contributed by atoms with Crippen LogP contribution in [0.3, 0.4) is 0 Å². The van der Waals surface area contributed by atoms with Crippen molar-refractivity contribution in [3.63, 3.8) is 0 Å². The van der Waals surface area contributed by atoms with Gasteiger partial charge in [0.2, 0.25) is 0 Å². The number of carboxylic acids is 1. The van der Waals surface area contributed by atoms with Gasteiger partial charge in [-0.3, -0.25) is 4.79 Å². The first kappa shape index (κ1) is 22.5. The summed E-state index contributed by atoms with van der Waals surface area (Å²) < 4.78 is 0. The fourth-order valence-corrected chi connectivity index (χ4v) is 3.93. The number of aromatic nitrogens is 2. The van der Waals surface area contributed by atoms with Gasteiger partial charge in [-0.05, 0) is 55.8 Å². The van der Waals surface area contributed by atoms with Crippen LogP contribution in [0.5, 0.6) is 0 Å². The lowest BCUT2D eigenvalue weighted by atomic mass is 10.1. The topological polar surface area (TPSA) is 98.7 Å². The lowest BCUT2D eigenvalue weighted by molar-refractivity contribution is 0.0697. The average molecular weight is 466 g/mol. The number of nitrogens with zero attached hydrogens (tertiary/aromatic N) is 4. The van der Waals surface area contributed by atoms with Gasteiger partial charge in [-0.1, -0.05) is 29.3 Å². The minimum absolute atomic E-state index is 0.149. The molecule has 2 N–H and O–H groups in total. The molecule has 0 aliphatic carbocycles. The van der Waals surface area contributed by atoms with Crippen molar-refractivity contribution in [2.45, 2.75) is 13.3 Å². The van der Waals surface area contributed by atoms with E-state index in [2.05, 4.69) is 25.3 Å². The van der Waals surface area contributed by atoms with Crippen molar-refractivity contribution in [3.05, 3.63) is 76.4 Å². The van der Waals surface area contributed by atoms with Crippen LogP contribution in [0.25, 0.3) is 0 Å². The first-order valence-electron chi connectivity index (χ1n) is 10.7. The van der Waals surface area contributed by atoms with E-state index in [9.17, 15) is 14.7 Å². The summed E-state index contributed by atoms with van der Waals surface area (Å²) in [4.78, 5) is 28.7. The van der Waals surface area contributed by atoms with Crippen LogP contribution < -0.4 is 15.1 Å². The zero-order chi connectivity index (χ0) is 23.4. The maximum atomic E-state index is 12.5. The Kier molecular flexibility index (Phi) is 6.74. The highest BCUT2D eigenvalue weighted by Gasteiger charge is 2.21. The van der Waals surface area contributed by atoms with E-state index in [0.717, 1.165) is 24.3 Å². The van der Waals surface area contributed by atoms with Crippen LogP contribution >= 0.6 is 11.6 Å². The van der Waals surface area contributed by atoms with E-state index in [-0.39, 0.29) is 11.5 Å². The number of aromatic carboxylic acids is 1. The van der Waals surface area contributed by atoms with Crippen LogP contribution in [0.2, 0.25) is 5.15 Å². The molecular weight excluding hydrogens is 442 g/mol. The zero-order valence-electron chi connectivity index (χ0n) is 18.2. The summed E-state index contributed by atoms with van der Waals surface area (Å²) in [7, 11) is 0. The summed E-state index contributed by atoms with van der Waals surface area (Å²) in [6, 6.07) is 15.7. The van der Waals surface area contributed by atoms with Gasteiger partial charge in [-0.25, -0.2) is 4.79 Å². The molecule has 2 aromatic carbocycles. The molecular formula is C24H24ClN5O3. The Hall–Kier alpha value is -3.65. The molecule has 0 radical (unpaired) electrons. The van der Waals surface area contributed by atoms with Gasteiger partial charge in [0, 0.05) is 37.4 Å². The fraction of sp³-hybridized carbons (Fsp3) is 0.250. The van der Waals surface area contributed by atoms with E-state index in [1.54, 1.807) is 30.3 Å². The number of amides is 1. The maximum Gasteiger partial charge on any atom is 0.337 e. The summed E-state index contributed by atoms with van der Waals surface area (Å²) in [5, 5.41) is 21.0. The van der Waals surface area contributed by atoms with Crippen LogP contribution in [0, 0.1) is 6.92 Å². The van der Waals surface area contributed by atoms with Gasteiger partial charge in [0.15, 0.2) is 11.0 Å². The van der Waals surface area contributed by atoms with Crippen molar-refractivity contribution < 1.29 is 14.7 Å². The molecule has 1 fully saturated rings. The number of hydrogen-bond donors (Lipinski definition) is 2. The second-order valence-corrected chi connectivity index (χ2v) is 8.29. The second-order valence-electron chi connectivity index (χ2n) is 7.90. The van der Waals surface area contributed by atoms with Gasteiger partial charge in [0.05, 0.1) is 11.3 Å². The number of nitrogens with one attached hydrogen (secondary N) is 1. The first-order valence-corrected chi connectivity index (χ1v) is 11.0. The molecule has 0 unspecified atom stereocenters. The molecule has 4 rings (SSSR count). The van der Waals surface area contributed by atoms with Crippen molar-refractivity contribution in [2.24, 2.45) is 0 Å². The zero-order valence-corrected chi connectivity index (χ0v) is 18.9. The van der Waals surface area contributed by atoms with Gasteiger partial charge in [0.25, 0.3) is 5.91 Å². The van der Waals surface area contributed by atoms with E-state index in [1.165, 1.54) is 6.07 Å². The molecule has 1 amide bonds. The lowest BCUT2D eigenvalue weighted by Crippen LogP contribution is -2.32. The van der Waals surface area contributed by atoms with Crippen LogP contribution in [0.1, 0.15) is 32.7 Å². The predicted octanol–water partition coefficient (Wildman–Crippen LogP) is 4.11. The number of carbonyl (C=O) groups is 2. The normalized spacial score (nSPS) is 14.0. The Balaban J connectivity index is 1.50. The third-order valence-electron chi connectivity index (χ3n) is 5.58. The number of carboxylic acid groups (broad SMARTS) is 1. The molecule has 1 aliphatic rings. The standard InChI is InChI=1S/C24H24ClN5O3/c1-16-3-5-17(6-4-16)23(31)26-18-7-8-20(19(15-18)24(32)33)29-11-2-12-30(14-13-29)22-10-9-21(25)27-28-22/h3-10,15H,2,11-14H2,1H3,(H,26,31)(H,32,33). The number of aryl methyl sites for hydroxylation is 1. The van der Waals surface area contributed by atoms with Crippen molar-refractivity contribution in [3.8, 4) is 0 Å². The molecule has 33 heavy (non-hydrogen) atoms. The molecule has 9 heteroatoms. The van der Waals surface area contributed by atoms with Gasteiger partial charge in [0.1, 0.15) is 0 Å². The minimum Gasteiger partial charge on any atom is -0.478 e. The molecule has 1 aliphatic heterocycles. The van der Waals surface area contributed by atoms with E-state index < -0.39 is 5.97 Å².